The molecule has 0 aromatic carbocycles. The van der Waals surface area contributed by atoms with Gasteiger partial charge in [0.1, 0.15) is 0 Å². The zero-order chi connectivity index (χ0) is 13.9. The number of hydrogen-bond donors (Lipinski definition) is 1. The van der Waals surface area contributed by atoms with Gasteiger partial charge in [0.25, 0.3) is 0 Å². The first-order valence-electron chi connectivity index (χ1n) is 7.60. The van der Waals surface area contributed by atoms with Crippen LogP contribution in [0.15, 0.2) is 0 Å². The number of carboxylic acids is 1. The highest BCUT2D eigenvalue weighted by atomic mass is 16.5. The molecular weight excluding hydrogens is 242 g/mol. The van der Waals surface area contributed by atoms with Crippen LogP contribution >= 0.6 is 0 Å². The highest BCUT2D eigenvalue weighted by Crippen LogP contribution is 2.41. The summed E-state index contributed by atoms with van der Waals surface area (Å²) in [5, 5.41) is 9.11. The van der Waals surface area contributed by atoms with Crippen LogP contribution < -0.4 is 0 Å². The van der Waals surface area contributed by atoms with Crippen molar-refractivity contribution in [2.24, 2.45) is 5.92 Å². The molecule has 1 atom stereocenters. The van der Waals surface area contributed by atoms with Crippen molar-refractivity contribution in [1.29, 1.82) is 0 Å². The van der Waals surface area contributed by atoms with Crippen molar-refractivity contribution in [3.05, 3.63) is 0 Å². The second-order valence-corrected chi connectivity index (χ2v) is 6.60. The van der Waals surface area contributed by atoms with Crippen molar-refractivity contribution in [1.82, 2.24) is 4.90 Å². The Kier molecular flexibility index (Phi) is 4.85. The molecule has 0 amide bonds. The van der Waals surface area contributed by atoms with Crippen LogP contribution in [0.25, 0.3) is 0 Å². The van der Waals surface area contributed by atoms with Crippen LogP contribution in [0.3, 0.4) is 0 Å². The number of nitrogens with zero attached hydrogens (tertiary/aromatic N) is 1. The van der Waals surface area contributed by atoms with Gasteiger partial charge in [-0.1, -0.05) is 26.7 Å². The molecule has 19 heavy (non-hydrogen) atoms. The van der Waals surface area contributed by atoms with Gasteiger partial charge in [0.2, 0.25) is 0 Å². The van der Waals surface area contributed by atoms with E-state index in [9.17, 15) is 4.79 Å². The molecule has 1 aliphatic carbocycles. The Morgan fingerprint density at radius 2 is 2.11 bits per heavy atom. The Morgan fingerprint density at radius 1 is 1.42 bits per heavy atom. The van der Waals surface area contributed by atoms with E-state index in [1.165, 1.54) is 12.8 Å². The maximum Gasteiger partial charge on any atom is 0.317 e. The minimum absolute atomic E-state index is 0.0661. The molecule has 1 heterocycles. The first kappa shape index (κ1) is 14.8. The van der Waals surface area contributed by atoms with E-state index in [2.05, 4.69) is 18.7 Å². The first-order valence-corrected chi connectivity index (χ1v) is 7.60. The van der Waals surface area contributed by atoms with Gasteiger partial charge in [-0.15, -0.1) is 0 Å². The quantitative estimate of drug-likeness (QED) is 0.833. The molecular formula is C15H27NO3. The average molecular weight is 269 g/mol. The van der Waals surface area contributed by atoms with E-state index < -0.39 is 5.97 Å². The van der Waals surface area contributed by atoms with Gasteiger partial charge >= 0.3 is 5.97 Å². The van der Waals surface area contributed by atoms with Gasteiger partial charge in [0.15, 0.2) is 0 Å². The SMILES string of the molecule is CC(C)CN(CC(=O)O)C1CCOC2(CCCC2)C1. The lowest BCUT2D eigenvalue weighted by Gasteiger charge is -2.43. The fourth-order valence-corrected chi connectivity index (χ4v) is 3.67. The summed E-state index contributed by atoms with van der Waals surface area (Å²) in [6.45, 7) is 6.13. The van der Waals surface area contributed by atoms with Gasteiger partial charge in [-0.3, -0.25) is 9.69 Å². The van der Waals surface area contributed by atoms with Crippen molar-refractivity contribution in [3.63, 3.8) is 0 Å². The van der Waals surface area contributed by atoms with Crippen molar-refractivity contribution < 1.29 is 14.6 Å². The van der Waals surface area contributed by atoms with E-state index in [-0.39, 0.29) is 12.1 Å². The summed E-state index contributed by atoms with van der Waals surface area (Å²) in [4.78, 5) is 13.2. The zero-order valence-corrected chi connectivity index (χ0v) is 12.2. The predicted octanol–water partition coefficient (Wildman–Crippen LogP) is 2.52. The van der Waals surface area contributed by atoms with E-state index >= 15 is 0 Å². The number of carboxylic acid groups (broad SMARTS) is 1. The Balaban J connectivity index is 2.01. The van der Waals surface area contributed by atoms with Crippen molar-refractivity contribution in [2.45, 2.75) is 64.0 Å². The molecule has 0 radical (unpaired) electrons. The van der Waals surface area contributed by atoms with E-state index in [0.717, 1.165) is 38.8 Å². The molecule has 1 saturated carbocycles. The van der Waals surface area contributed by atoms with Gasteiger partial charge in [-0.25, -0.2) is 0 Å². The molecule has 2 fully saturated rings. The molecule has 0 aromatic heterocycles. The molecule has 2 aliphatic rings. The monoisotopic (exact) mass is 269 g/mol. The molecule has 1 aliphatic heterocycles. The summed E-state index contributed by atoms with van der Waals surface area (Å²) in [5.74, 6) is -0.214. The lowest BCUT2D eigenvalue weighted by atomic mass is 9.87. The average Bonchev–Trinajstić information content (AvgIpc) is 2.75. The van der Waals surface area contributed by atoms with Crippen molar-refractivity contribution in [2.75, 3.05) is 19.7 Å². The summed E-state index contributed by atoms with van der Waals surface area (Å²) in [7, 11) is 0. The number of aliphatic carboxylic acids is 1. The van der Waals surface area contributed by atoms with E-state index in [1.54, 1.807) is 0 Å². The van der Waals surface area contributed by atoms with Gasteiger partial charge in [0.05, 0.1) is 12.1 Å². The summed E-state index contributed by atoms with van der Waals surface area (Å²) in [6.07, 6.45) is 6.83. The zero-order valence-electron chi connectivity index (χ0n) is 12.2. The van der Waals surface area contributed by atoms with Crippen molar-refractivity contribution in [3.8, 4) is 0 Å². The third kappa shape index (κ3) is 3.93. The second kappa shape index (κ2) is 6.23. The van der Waals surface area contributed by atoms with Gasteiger partial charge in [-0.05, 0) is 31.6 Å². The van der Waals surface area contributed by atoms with Gasteiger partial charge in [-0.2, -0.15) is 0 Å². The summed E-state index contributed by atoms with van der Waals surface area (Å²) in [6, 6.07) is 0.380. The predicted molar refractivity (Wildman–Crippen MR) is 74.2 cm³/mol. The molecule has 2 rings (SSSR count). The highest BCUT2D eigenvalue weighted by molar-refractivity contribution is 5.69. The molecule has 0 aromatic rings. The molecule has 1 saturated heterocycles. The largest absolute Gasteiger partial charge is 0.480 e. The minimum Gasteiger partial charge on any atom is -0.480 e. The third-order valence-electron chi connectivity index (χ3n) is 4.44. The van der Waals surface area contributed by atoms with Crippen LogP contribution in [-0.2, 0) is 9.53 Å². The Morgan fingerprint density at radius 3 is 2.68 bits per heavy atom. The molecule has 1 spiro atoms. The highest BCUT2D eigenvalue weighted by Gasteiger charge is 2.41. The normalized spacial score (nSPS) is 26.4. The van der Waals surface area contributed by atoms with Crippen LogP contribution in [0.4, 0.5) is 0 Å². The molecule has 0 bridgehead atoms. The standard InChI is InChI=1S/C15H27NO3/c1-12(2)10-16(11-14(17)18)13-5-8-19-15(9-13)6-3-4-7-15/h12-13H,3-11H2,1-2H3,(H,17,18). The minimum atomic E-state index is -0.715. The molecule has 110 valence electrons. The van der Waals surface area contributed by atoms with Crippen LogP contribution in [0.5, 0.6) is 0 Å². The van der Waals surface area contributed by atoms with Gasteiger partial charge < -0.3 is 9.84 Å². The van der Waals surface area contributed by atoms with E-state index in [4.69, 9.17) is 9.84 Å². The van der Waals surface area contributed by atoms with Crippen LogP contribution in [0.1, 0.15) is 52.4 Å². The molecule has 1 unspecified atom stereocenters. The molecule has 4 heteroatoms. The van der Waals surface area contributed by atoms with Crippen molar-refractivity contribution >= 4 is 5.97 Å². The van der Waals surface area contributed by atoms with Gasteiger partial charge in [0, 0.05) is 19.2 Å². The topological polar surface area (TPSA) is 49.8 Å². The Bertz CT molecular complexity index is 311. The lowest BCUT2D eigenvalue weighted by molar-refractivity contribution is -0.142. The molecule has 4 nitrogen and oxygen atoms in total. The fraction of sp³-hybridized carbons (Fsp3) is 0.933. The van der Waals surface area contributed by atoms with Crippen LogP contribution in [-0.4, -0.2) is 47.3 Å². The van der Waals surface area contributed by atoms with E-state index in [0.29, 0.717) is 12.0 Å². The Hall–Kier alpha value is -0.610. The lowest BCUT2D eigenvalue weighted by Crippen LogP contribution is -2.50. The summed E-state index contributed by atoms with van der Waals surface area (Å²) >= 11 is 0. The molecule has 1 N–H and O–H groups in total. The smallest absolute Gasteiger partial charge is 0.317 e. The number of rotatable bonds is 5. The summed E-state index contributed by atoms with van der Waals surface area (Å²) in [5.41, 5.74) is 0.0661. The summed E-state index contributed by atoms with van der Waals surface area (Å²) < 4.78 is 6.04. The number of ether oxygens (including phenoxy) is 1. The third-order valence-corrected chi connectivity index (χ3v) is 4.44. The van der Waals surface area contributed by atoms with Crippen LogP contribution in [0.2, 0.25) is 0 Å². The Labute approximate surface area is 116 Å². The van der Waals surface area contributed by atoms with Crippen LogP contribution in [0, 0.1) is 5.92 Å². The first-order chi connectivity index (χ1) is 9.01. The maximum absolute atomic E-state index is 11.1. The van der Waals surface area contributed by atoms with E-state index in [1.807, 2.05) is 0 Å². The second-order valence-electron chi connectivity index (χ2n) is 6.60. The number of carbonyl (C=O) groups is 1. The maximum atomic E-state index is 11.1. The fourth-order valence-electron chi connectivity index (χ4n) is 3.67. The number of hydrogen-bond acceptors (Lipinski definition) is 3.